The number of nitrogens with one attached hydrogen (secondary N) is 1. The van der Waals surface area contributed by atoms with Crippen molar-refractivity contribution in [1.29, 1.82) is 0 Å². The number of nitrogens with zero attached hydrogens (tertiary/aromatic N) is 2. The molecule has 0 unspecified atom stereocenters. The maximum Gasteiger partial charge on any atom is 0.243 e. The molecule has 160 valence electrons. The Labute approximate surface area is 184 Å². The lowest BCUT2D eigenvalue weighted by atomic mass is 10.2. The summed E-state index contributed by atoms with van der Waals surface area (Å²) in [6.07, 6.45) is 1.84. The molecule has 1 heterocycles. The molecule has 0 saturated heterocycles. The predicted molar refractivity (Wildman–Crippen MR) is 121 cm³/mol. The molecular formula is C23H23FN4O2S. The van der Waals surface area contributed by atoms with E-state index in [-0.39, 0.29) is 31.2 Å². The number of hydrogen-bond acceptors (Lipinski definition) is 5. The number of hydrogen-bond donors (Lipinski definition) is 2. The Morgan fingerprint density at radius 1 is 1.06 bits per heavy atom. The smallest absolute Gasteiger partial charge is 0.243 e. The summed E-state index contributed by atoms with van der Waals surface area (Å²) in [6, 6.07) is 19.1. The van der Waals surface area contributed by atoms with E-state index in [1.165, 1.54) is 12.1 Å². The molecule has 0 saturated carbocycles. The van der Waals surface area contributed by atoms with Gasteiger partial charge in [0, 0.05) is 36.3 Å². The molecule has 8 heteroatoms. The molecule has 1 aromatic heterocycles. The van der Waals surface area contributed by atoms with Gasteiger partial charge in [0.2, 0.25) is 11.8 Å². The zero-order chi connectivity index (χ0) is 22.1. The SMILES string of the molecule is NC(=O)CCN(CC(=O)Nc1cccc(CSc2ccccn2)c1)c1ccc(F)cc1. The van der Waals surface area contributed by atoms with E-state index < -0.39 is 5.91 Å². The summed E-state index contributed by atoms with van der Waals surface area (Å²) < 4.78 is 13.2. The van der Waals surface area contributed by atoms with Crippen LogP contribution >= 0.6 is 11.8 Å². The number of nitrogens with two attached hydrogens (primary N) is 1. The van der Waals surface area contributed by atoms with E-state index in [1.807, 2.05) is 42.5 Å². The third kappa shape index (κ3) is 7.42. The number of thioether (sulfide) groups is 1. The molecule has 0 radical (unpaired) electrons. The Morgan fingerprint density at radius 3 is 2.58 bits per heavy atom. The molecule has 0 aliphatic carbocycles. The molecule has 0 bridgehead atoms. The number of benzene rings is 2. The van der Waals surface area contributed by atoms with Crippen molar-refractivity contribution in [3.63, 3.8) is 0 Å². The molecule has 0 aliphatic heterocycles. The summed E-state index contributed by atoms with van der Waals surface area (Å²) in [5, 5.41) is 3.82. The highest BCUT2D eigenvalue weighted by atomic mass is 32.2. The Bertz CT molecular complexity index is 1020. The van der Waals surface area contributed by atoms with Crippen LogP contribution < -0.4 is 16.0 Å². The van der Waals surface area contributed by atoms with Gasteiger partial charge in [0.25, 0.3) is 0 Å². The molecule has 0 fully saturated rings. The average molecular weight is 439 g/mol. The van der Waals surface area contributed by atoms with E-state index in [0.717, 1.165) is 16.3 Å². The maximum atomic E-state index is 13.2. The highest BCUT2D eigenvalue weighted by Crippen LogP contribution is 2.22. The summed E-state index contributed by atoms with van der Waals surface area (Å²) in [7, 11) is 0. The van der Waals surface area contributed by atoms with E-state index >= 15 is 0 Å². The van der Waals surface area contributed by atoms with E-state index in [2.05, 4.69) is 10.3 Å². The summed E-state index contributed by atoms with van der Waals surface area (Å²) in [5.41, 5.74) is 7.62. The van der Waals surface area contributed by atoms with Crippen LogP contribution in [0, 0.1) is 5.82 Å². The number of amides is 2. The van der Waals surface area contributed by atoms with Crippen molar-refractivity contribution in [3.05, 3.63) is 84.3 Å². The molecule has 3 aromatic rings. The third-order valence-electron chi connectivity index (χ3n) is 4.39. The van der Waals surface area contributed by atoms with E-state index in [0.29, 0.717) is 11.4 Å². The number of halogens is 1. The number of carbonyl (C=O) groups excluding carboxylic acids is 2. The topological polar surface area (TPSA) is 88.3 Å². The van der Waals surface area contributed by atoms with Crippen LogP contribution in [-0.4, -0.2) is 29.9 Å². The summed E-state index contributed by atoms with van der Waals surface area (Å²) >= 11 is 1.61. The molecule has 0 atom stereocenters. The molecule has 6 nitrogen and oxygen atoms in total. The van der Waals surface area contributed by atoms with Crippen LogP contribution in [0.1, 0.15) is 12.0 Å². The lowest BCUT2D eigenvalue weighted by Crippen LogP contribution is -2.35. The Kier molecular flexibility index (Phi) is 8.00. The van der Waals surface area contributed by atoms with Gasteiger partial charge in [0.15, 0.2) is 0 Å². The minimum atomic E-state index is -0.467. The van der Waals surface area contributed by atoms with Crippen molar-refractivity contribution in [2.24, 2.45) is 5.73 Å². The zero-order valence-electron chi connectivity index (χ0n) is 16.8. The third-order valence-corrected chi connectivity index (χ3v) is 5.40. The highest BCUT2D eigenvalue weighted by Gasteiger charge is 2.13. The Balaban J connectivity index is 1.62. The number of aromatic nitrogens is 1. The fraction of sp³-hybridized carbons (Fsp3) is 0.174. The van der Waals surface area contributed by atoms with Gasteiger partial charge in [-0.2, -0.15) is 0 Å². The molecule has 0 spiro atoms. The molecule has 0 aliphatic rings. The standard InChI is InChI=1S/C23H23FN4O2S/c24-18-7-9-20(10-8-18)28(13-11-21(25)29)15-22(30)27-19-5-3-4-17(14-19)16-31-23-6-1-2-12-26-23/h1-10,12,14H,11,13,15-16H2,(H2,25,29)(H,27,30). The maximum absolute atomic E-state index is 13.2. The first-order chi connectivity index (χ1) is 15.0. The Hall–Kier alpha value is -3.39. The predicted octanol–water partition coefficient (Wildman–Crippen LogP) is 3.83. The van der Waals surface area contributed by atoms with Gasteiger partial charge in [-0.25, -0.2) is 9.37 Å². The van der Waals surface area contributed by atoms with Crippen LogP contribution in [-0.2, 0) is 15.3 Å². The number of anilines is 2. The first kappa shape index (κ1) is 22.3. The number of pyridine rings is 1. The van der Waals surface area contributed by atoms with E-state index in [9.17, 15) is 14.0 Å². The summed E-state index contributed by atoms with van der Waals surface area (Å²) in [6.45, 7) is 0.265. The van der Waals surface area contributed by atoms with Crippen molar-refractivity contribution < 1.29 is 14.0 Å². The fourth-order valence-electron chi connectivity index (χ4n) is 2.90. The van der Waals surface area contributed by atoms with Crippen molar-refractivity contribution >= 4 is 35.0 Å². The van der Waals surface area contributed by atoms with Gasteiger partial charge in [0.05, 0.1) is 11.6 Å². The van der Waals surface area contributed by atoms with E-state index in [4.69, 9.17) is 5.73 Å². The minimum absolute atomic E-state index is 0.00578. The lowest BCUT2D eigenvalue weighted by molar-refractivity contribution is -0.118. The lowest BCUT2D eigenvalue weighted by Gasteiger charge is -2.24. The van der Waals surface area contributed by atoms with Gasteiger partial charge < -0.3 is 16.0 Å². The second-order valence-electron chi connectivity index (χ2n) is 6.82. The molecular weight excluding hydrogens is 415 g/mol. The normalized spacial score (nSPS) is 10.5. The van der Waals surface area contributed by atoms with Crippen molar-refractivity contribution in [3.8, 4) is 0 Å². The minimum Gasteiger partial charge on any atom is -0.370 e. The highest BCUT2D eigenvalue weighted by molar-refractivity contribution is 7.98. The summed E-state index contributed by atoms with van der Waals surface area (Å²) in [5.74, 6) is -0.362. The number of rotatable bonds is 10. The Morgan fingerprint density at radius 2 is 1.87 bits per heavy atom. The van der Waals surface area contributed by atoms with Crippen LogP contribution in [0.25, 0.3) is 0 Å². The van der Waals surface area contributed by atoms with Gasteiger partial charge in [0.1, 0.15) is 5.82 Å². The second-order valence-corrected chi connectivity index (χ2v) is 7.82. The van der Waals surface area contributed by atoms with Crippen molar-refractivity contribution in [2.45, 2.75) is 17.2 Å². The monoisotopic (exact) mass is 438 g/mol. The van der Waals surface area contributed by atoms with Crippen LogP contribution in [0.15, 0.2) is 78.0 Å². The molecule has 3 rings (SSSR count). The molecule has 2 amide bonds. The molecule has 3 N–H and O–H groups in total. The number of primary amides is 1. The van der Waals surface area contributed by atoms with Gasteiger partial charge in [-0.3, -0.25) is 9.59 Å². The zero-order valence-corrected chi connectivity index (χ0v) is 17.6. The first-order valence-corrected chi connectivity index (χ1v) is 10.7. The van der Waals surface area contributed by atoms with Crippen LogP contribution in [0.5, 0.6) is 0 Å². The average Bonchev–Trinajstić information content (AvgIpc) is 2.77. The number of carbonyl (C=O) groups is 2. The quantitative estimate of drug-likeness (QED) is 0.470. The van der Waals surface area contributed by atoms with Crippen LogP contribution in [0.2, 0.25) is 0 Å². The first-order valence-electron chi connectivity index (χ1n) is 9.71. The van der Waals surface area contributed by atoms with Gasteiger partial charge in [-0.05, 0) is 54.1 Å². The molecule has 31 heavy (non-hydrogen) atoms. The van der Waals surface area contributed by atoms with Crippen molar-refractivity contribution in [2.75, 3.05) is 23.3 Å². The van der Waals surface area contributed by atoms with Crippen LogP contribution in [0.3, 0.4) is 0 Å². The van der Waals surface area contributed by atoms with Gasteiger partial charge in [-0.15, -0.1) is 11.8 Å². The van der Waals surface area contributed by atoms with E-state index in [1.54, 1.807) is 35.0 Å². The summed E-state index contributed by atoms with van der Waals surface area (Å²) in [4.78, 5) is 29.8. The second kappa shape index (κ2) is 11.1. The largest absolute Gasteiger partial charge is 0.370 e. The van der Waals surface area contributed by atoms with Crippen molar-refractivity contribution in [1.82, 2.24) is 4.98 Å². The van der Waals surface area contributed by atoms with Gasteiger partial charge in [-0.1, -0.05) is 18.2 Å². The molecule has 2 aromatic carbocycles. The van der Waals surface area contributed by atoms with Crippen LogP contribution in [0.4, 0.5) is 15.8 Å². The van der Waals surface area contributed by atoms with Gasteiger partial charge >= 0.3 is 0 Å². The fourth-order valence-corrected chi connectivity index (χ4v) is 3.70.